The lowest BCUT2D eigenvalue weighted by Crippen LogP contribution is -2.44. The number of carboxylic acid groups (broad SMARTS) is 1. The molecule has 4 heterocycles. The van der Waals surface area contributed by atoms with Crippen molar-refractivity contribution in [3.05, 3.63) is 53.8 Å². The molecule has 0 atom stereocenters. The number of fused-ring (bicyclic) bond motifs is 1. The van der Waals surface area contributed by atoms with Crippen molar-refractivity contribution in [2.45, 2.75) is 19.6 Å². The first-order valence-electron chi connectivity index (χ1n) is 11.9. The minimum Gasteiger partial charge on any atom is -0.475 e. The fraction of sp³-hybridized carbons (Fsp3) is 0.320. The number of carbonyl (C=O) groups is 2. The molecule has 5 rings (SSSR count). The number of likely N-dealkylation sites (N-methyl/N-ethyl adjacent to an activating group) is 1. The predicted octanol–water partition coefficient (Wildman–Crippen LogP) is 3.89. The number of aryl methyl sites for hydroxylation is 1. The first kappa shape index (κ1) is 28.0. The van der Waals surface area contributed by atoms with E-state index in [-0.39, 0.29) is 12.5 Å². The number of amides is 1. The van der Waals surface area contributed by atoms with E-state index in [1.54, 1.807) is 6.20 Å². The number of nitrogens with one attached hydrogen (secondary N) is 1. The monoisotopic (exact) mass is 561 g/mol. The maximum atomic E-state index is 12.9. The van der Waals surface area contributed by atoms with Crippen LogP contribution in [0.2, 0.25) is 0 Å². The highest BCUT2D eigenvalue weighted by atomic mass is 32.1. The molecular weight excluding hydrogens is 535 g/mol. The van der Waals surface area contributed by atoms with E-state index in [0.717, 1.165) is 59.4 Å². The number of para-hydroxylation sites is 2. The molecule has 206 valence electrons. The Hall–Kier alpha value is -4.04. The van der Waals surface area contributed by atoms with Gasteiger partial charge in [-0.05, 0) is 38.2 Å². The maximum Gasteiger partial charge on any atom is 0.490 e. The number of alkyl halides is 3. The average Bonchev–Trinajstić information content (AvgIpc) is 3.48. The number of hydrogen-bond donors (Lipinski definition) is 2. The van der Waals surface area contributed by atoms with E-state index < -0.39 is 12.1 Å². The van der Waals surface area contributed by atoms with Crippen molar-refractivity contribution in [1.29, 1.82) is 0 Å². The molecule has 0 saturated carbocycles. The summed E-state index contributed by atoms with van der Waals surface area (Å²) in [7, 11) is 2.13. The predicted molar refractivity (Wildman–Crippen MR) is 142 cm³/mol. The van der Waals surface area contributed by atoms with E-state index in [2.05, 4.69) is 32.1 Å². The highest BCUT2D eigenvalue weighted by Crippen LogP contribution is 2.30. The third kappa shape index (κ3) is 6.89. The average molecular weight is 562 g/mol. The van der Waals surface area contributed by atoms with Gasteiger partial charge in [0.25, 0.3) is 0 Å². The molecule has 0 unspecified atom stereocenters. The second-order valence-electron chi connectivity index (χ2n) is 8.82. The van der Waals surface area contributed by atoms with Gasteiger partial charge in [0, 0.05) is 26.2 Å². The summed E-state index contributed by atoms with van der Waals surface area (Å²) in [5.74, 6) is -1.16. The van der Waals surface area contributed by atoms with Crippen LogP contribution in [-0.4, -0.2) is 80.8 Å². The standard InChI is InChI=1S/C23H25N7OS.C2HF3O2/c1-16-22(32-15-25-16)23-27-18-5-3-4-6-19(18)30(23)14-21(31)26-17-7-8-20(24-13-17)29-11-9-28(2)10-12-29;3-2(4,5)1(6)7/h3-8,13,15H,9-12,14H2,1-2H3,(H,26,31);(H,6,7). The van der Waals surface area contributed by atoms with E-state index in [9.17, 15) is 18.0 Å². The van der Waals surface area contributed by atoms with Gasteiger partial charge in [0.05, 0.1) is 39.0 Å². The lowest BCUT2D eigenvalue weighted by atomic mass is 10.3. The Labute approximate surface area is 225 Å². The maximum absolute atomic E-state index is 12.9. The van der Waals surface area contributed by atoms with Crippen molar-refractivity contribution >= 4 is 45.8 Å². The van der Waals surface area contributed by atoms with Crippen LogP contribution < -0.4 is 10.2 Å². The molecule has 3 aromatic heterocycles. The third-order valence-corrected chi connectivity index (χ3v) is 6.93. The third-order valence-electron chi connectivity index (χ3n) is 6.01. The normalized spacial score (nSPS) is 14.1. The fourth-order valence-electron chi connectivity index (χ4n) is 3.95. The number of halogens is 3. The summed E-state index contributed by atoms with van der Waals surface area (Å²) < 4.78 is 33.7. The quantitative estimate of drug-likeness (QED) is 0.377. The number of pyridine rings is 1. The molecule has 1 saturated heterocycles. The minimum atomic E-state index is -5.08. The van der Waals surface area contributed by atoms with Crippen LogP contribution in [0.5, 0.6) is 0 Å². The molecule has 14 heteroatoms. The van der Waals surface area contributed by atoms with Crippen LogP contribution >= 0.6 is 11.3 Å². The second kappa shape index (κ2) is 11.8. The molecule has 4 aromatic rings. The van der Waals surface area contributed by atoms with Crippen molar-refractivity contribution < 1.29 is 27.9 Å². The molecule has 2 N–H and O–H groups in total. The molecule has 0 spiro atoms. The van der Waals surface area contributed by atoms with Crippen LogP contribution in [0.1, 0.15) is 5.69 Å². The molecule has 0 bridgehead atoms. The Balaban J connectivity index is 0.000000448. The number of aliphatic carboxylic acids is 1. The van der Waals surface area contributed by atoms with Gasteiger partial charge in [0.1, 0.15) is 12.4 Å². The molecule has 1 aromatic carbocycles. The van der Waals surface area contributed by atoms with E-state index in [1.807, 2.05) is 53.4 Å². The van der Waals surface area contributed by atoms with Gasteiger partial charge in [-0.2, -0.15) is 13.2 Å². The van der Waals surface area contributed by atoms with E-state index in [0.29, 0.717) is 5.69 Å². The number of rotatable bonds is 5. The molecule has 0 aliphatic carbocycles. The topological polar surface area (TPSA) is 116 Å². The second-order valence-corrected chi connectivity index (χ2v) is 9.68. The van der Waals surface area contributed by atoms with Gasteiger partial charge in [0.2, 0.25) is 5.91 Å². The van der Waals surface area contributed by atoms with Crippen molar-refractivity contribution in [1.82, 2.24) is 24.4 Å². The zero-order valence-electron chi connectivity index (χ0n) is 21.1. The Morgan fingerprint density at radius 2 is 1.77 bits per heavy atom. The highest BCUT2D eigenvalue weighted by molar-refractivity contribution is 7.13. The number of carboxylic acids is 1. The molecule has 10 nitrogen and oxygen atoms in total. The van der Waals surface area contributed by atoms with Crippen LogP contribution in [0.15, 0.2) is 48.1 Å². The lowest BCUT2D eigenvalue weighted by Gasteiger charge is -2.33. The van der Waals surface area contributed by atoms with Crippen LogP contribution in [0.4, 0.5) is 24.7 Å². The number of piperazine rings is 1. The molecule has 1 aliphatic rings. The number of nitrogens with zero attached hydrogens (tertiary/aromatic N) is 6. The van der Waals surface area contributed by atoms with Crippen LogP contribution in [0.25, 0.3) is 21.7 Å². The molecule has 1 fully saturated rings. The Morgan fingerprint density at radius 1 is 1.08 bits per heavy atom. The Morgan fingerprint density at radius 3 is 2.36 bits per heavy atom. The van der Waals surface area contributed by atoms with E-state index in [1.165, 1.54) is 11.3 Å². The van der Waals surface area contributed by atoms with Crippen molar-refractivity contribution in [2.24, 2.45) is 0 Å². The number of anilines is 2. The van der Waals surface area contributed by atoms with Gasteiger partial charge >= 0.3 is 12.1 Å². The SMILES string of the molecule is Cc1ncsc1-c1nc2ccccc2n1CC(=O)Nc1ccc(N2CCN(C)CC2)nc1.O=C(O)C(F)(F)F. The zero-order chi connectivity index (χ0) is 28.2. The van der Waals surface area contributed by atoms with E-state index in [4.69, 9.17) is 14.9 Å². The minimum absolute atomic E-state index is 0.120. The van der Waals surface area contributed by atoms with Gasteiger partial charge in [-0.25, -0.2) is 19.7 Å². The van der Waals surface area contributed by atoms with Gasteiger partial charge in [-0.1, -0.05) is 12.1 Å². The first-order valence-corrected chi connectivity index (χ1v) is 12.8. The summed E-state index contributed by atoms with van der Waals surface area (Å²) in [6, 6.07) is 11.8. The zero-order valence-corrected chi connectivity index (χ0v) is 22.0. The molecular formula is C25H26F3N7O3S. The summed E-state index contributed by atoms with van der Waals surface area (Å²) in [5, 5.41) is 10.1. The summed E-state index contributed by atoms with van der Waals surface area (Å²) in [6.45, 7) is 6.10. The number of benzene rings is 1. The number of hydrogen-bond acceptors (Lipinski definition) is 8. The summed E-state index contributed by atoms with van der Waals surface area (Å²) >= 11 is 1.53. The van der Waals surface area contributed by atoms with Crippen molar-refractivity contribution in [2.75, 3.05) is 43.4 Å². The first-order chi connectivity index (χ1) is 18.5. The van der Waals surface area contributed by atoms with Crippen LogP contribution in [0, 0.1) is 6.92 Å². The Kier molecular flexibility index (Phi) is 8.45. The smallest absolute Gasteiger partial charge is 0.475 e. The van der Waals surface area contributed by atoms with Crippen molar-refractivity contribution in [3.63, 3.8) is 0 Å². The largest absolute Gasteiger partial charge is 0.490 e. The summed E-state index contributed by atoms with van der Waals surface area (Å²) in [4.78, 5) is 41.1. The molecule has 1 amide bonds. The van der Waals surface area contributed by atoms with Crippen LogP contribution in [0.3, 0.4) is 0 Å². The van der Waals surface area contributed by atoms with E-state index >= 15 is 0 Å². The fourth-order valence-corrected chi connectivity index (χ4v) is 4.75. The molecule has 0 radical (unpaired) electrons. The molecule has 39 heavy (non-hydrogen) atoms. The number of carbonyl (C=O) groups excluding carboxylic acids is 1. The number of thiazole rings is 1. The lowest BCUT2D eigenvalue weighted by molar-refractivity contribution is -0.192. The highest BCUT2D eigenvalue weighted by Gasteiger charge is 2.38. The van der Waals surface area contributed by atoms with Gasteiger partial charge in [-0.15, -0.1) is 11.3 Å². The van der Waals surface area contributed by atoms with Gasteiger partial charge < -0.3 is 24.8 Å². The van der Waals surface area contributed by atoms with Gasteiger partial charge in [-0.3, -0.25) is 4.79 Å². The van der Waals surface area contributed by atoms with Crippen molar-refractivity contribution in [3.8, 4) is 10.7 Å². The number of aromatic nitrogens is 4. The summed E-state index contributed by atoms with van der Waals surface area (Å²) in [5.41, 5.74) is 5.20. The van der Waals surface area contributed by atoms with Gasteiger partial charge in [0.15, 0.2) is 5.82 Å². The number of imidazole rings is 1. The molecule has 1 aliphatic heterocycles. The summed E-state index contributed by atoms with van der Waals surface area (Å²) in [6.07, 6.45) is -3.36. The Bertz CT molecular complexity index is 1450. The van der Waals surface area contributed by atoms with Crippen LogP contribution in [-0.2, 0) is 16.1 Å².